The average Bonchev–Trinajstić information content (AvgIpc) is 2.61. The molecule has 166 valence electrons. The van der Waals surface area contributed by atoms with Crippen LogP contribution in [0.1, 0.15) is 92.4 Å². The van der Waals surface area contributed by atoms with Gasteiger partial charge in [0.1, 0.15) is 5.78 Å². The highest BCUT2D eigenvalue weighted by Crippen LogP contribution is 2.28. The van der Waals surface area contributed by atoms with Crippen molar-refractivity contribution in [3.05, 3.63) is 0 Å². The number of rotatable bonds is 18. The van der Waals surface area contributed by atoms with E-state index in [1.807, 2.05) is 0 Å². The highest BCUT2D eigenvalue weighted by molar-refractivity contribution is 5.80. The maximum Gasteiger partial charge on any atom is 0.306 e. The molecule has 28 heavy (non-hydrogen) atoms. The summed E-state index contributed by atoms with van der Waals surface area (Å²) >= 11 is 0. The molecule has 0 aliphatic carbocycles. The van der Waals surface area contributed by atoms with Crippen LogP contribution in [0.5, 0.6) is 0 Å². The van der Waals surface area contributed by atoms with Gasteiger partial charge in [0.25, 0.3) is 0 Å². The first-order chi connectivity index (χ1) is 13.1. The van der Waals surface area contributed by atoms with Gasteiger partial charge < -0.3 is 19.0 Å². The highest BCUT2D eigenvalue weighted by atomic mass is 16.5. The smallest absolute Gasteiger partial charge is 0.306 e. The summed E-state index contributed by atoms with van der Waals surface area (Å²) in [4.78, 5) is 23.0. The molecule has 0 N–H and O–H groups in total. The van der Waals surface area contributed by atoms with Crippen molar-refractivity contribution in [1.82, 2.24) is 0 Å². The minimum Gasteiger partial charge on any atom is -0.465 e. The maximum atomic E-state index is 11.9. The maximum absolute atomic E-state index is 11.9. The Balaban J connectivity index is 4.53. The standard InChI is InChI=1S/C23H44O5/c1-7-8-9-10-11-12-15-23(5,18-27-17-22(3,4)16-26-6)19-28-21(25)14-13-20(2)24/h7-19H2,1-6H3. The van der Waals surface area contributed by atoms with E-state index in [4.69, 9.17) is 14.2 Å². The van der Waals surface area contributed by atoms with Crippen LogP contribution >= 0.6 is 0 Å². The molecule has 0 aromatic heterocycles. The Bertz CT molecular complexity index is 433. The summed E-state index contributed by atoms with van der Waals surface area (Å²) in [6.45, 7) is 12.2. The number of carbonyl (C=O) groups excluding carboxylic acids is 2. The lowest BCUT2D eigenvalue weighted by Gasteiger charge is -2.31. The Labute approximate surface area is 172 Å². The average molecular weight is 401 g/mol. The molecule has 0 aromatic rings. The summed E-state index contributed by atoms with van der Waals surface area (Å²) in [6, 6.07) is 0. The third-order valence-corrected chi connectivity index (χ3v) is 4.88. The van der Waals surface area contributed by atoms with Crippen LogP contribution in [-0.4, -0.2) is 45.3 Å². The number of Topliss-reactive ketones (excluding diaryl/α,β-unsaturated/α-hetero) is 1. The molecule has 0 aliphatic heterocycles. The molecular weight excluding hydrogens is 356 g/mol. The number of unbranched alkanes of at least 4 members (excludes halogenated alkanes) is 5. The number of esters is 1. The van der Waals surface area contributed by atoms with Gasteiger partial charge in [-0.2, -0.15) is 0 Å². The van der Waals surface area contributed by atoms with Crippen LogP contribution in [0, 0.1) is 10.8 Å². The molecule has 5 heteroatoms. The molecule has 5 nitrogen and oxygen atoms in total. The zero-order valence-electron chi connectivity index (χ0n) is 19.2. The molecule has 0 aromatic carbocycles. The monoisotopic (exact) mass is 400 g/mol. The SMILES string of the molecule is CCCCCCCCC(C)(COCC(C)(C)COC)COC(=O)CCC(C)=O. The van der Waals surface area contributed by atoms with Gasteiger partial charge in [-0.1, -0.05) is 66.2 Å². The van der Waals surface area contributed by atoms with E-state index in [1.165, 1.54) is 39.0 Å². The van der Waals surface area contributed by atoms with E-state index in [0.29, 0.717) is 26.4 Å². The van der Waals surface area contributed by atoms with E-state index >= 15 is 0 Å². The first-order valence-electron chi connectivity index (χ1n) is 10.9. The molecule has 0 amide bonds. The van der Waals surface area contributed by atoms with E-state index in [-0.39, 0.29) is 35.4 Å². The lowest BCUT2D eigenvalue weighted by Crippen LogP contribution is -2.33. The van der Waals surface area contributed by atoms with E-state index in [2.05, 4.69) is 27.7 Å². The Morgan fingerprint density at radius 3 is 2.07 bits per heavy atom. The van der Waals surface area contributed by atoms with Crippen molar-refractivity contribution < 1.29 is 23.8 Å². The van der Waals surface area contributed by atoms with Crippen molar-refractivity contribution in [2.24, 2.45) is 10.8 Å². The molecular formula is C23H44O5. The van der Waals surface area contributed by atoms with E-state index in [0.717, 1.165) is 12.8 Å². The van der Waals surface area contributed by atoms with Crippen molar-refractivity contribution in [3.8, 4) is 0 Å². The third kappa shape index (κ3) is 15.0. The van der Waals surface area contributed by atoms with E-state index in [9.17, 15) is 9.59 Å². The number of methoxy groups -OCH3 is 1. The molecule has 0 spiro atoms. The van der Waals surface area contributed by atoms with Crippen LogP contribution in [-0.2, 0) is 23.8 Å². The lowest BCUT2D eigenvalue weighted by molar-refractivity contribution is -0.150. The first kappa shape index (κ1) is 27.1. The highest BCUT2D eigenvalue weighted by Gasteiger charge is 2.28. The first-order valence-corrected chi connectivity index (χ1v) is 10.9. The van der Waals surface area contributed by atoms with Gasteiger partial charge in [0, 0.05) is 24.4 Å². The lowest BCUT2D eigenvalue weighted by atomic mass is 9.86. The summed E-state index contributed by atoms with van der Waals surface area (Å²) in [5.74, 6) is -0.292. The van der Waals surface area contributed by atoms with Gasteiger partial charge in [-0.25, -0.2) is 0 Å². The Hall–Kier alpha value is -0.940. The number of hydrogen-bond acceptors (Lipinski definition) is 5. The van der Waals surface area contributed by atoms with Gasteiger partial charge in [0.2, 0.25) is 0 Å². The number of hydrogen-bond donors (Lipinski definition) is 0. The minimum atomic E-state index is -0.302. The van der Waals surface area contributed by atoms with Crippen LogP contribution in [0.15, 0.2) is 0 Å². The molecule has 0 heterocycles. The molecule has 0 fully saturated rings. The van der Waals surface area contributed by atoms with E-state index < -0.39 is 0 Å². The van der Waals surface area contributed by atoms with Gasteiger partial charge in [0.05, 0.1) is 32.8 Å². The van der Waals surface area contributed by atoms with Crippen molar-refractivity contribution in [1.29, 1.82) is 0 Å². The number of ether oxygens (including phenoxy) is 3. The molecule has 1 unspecified atom stereocenters. The Morgan fingerprint density at radius 1 is 0.821 bits per heavy atom. The second-order valence-corrected chi connectivity index (χ2v) is 9.28. The van der Waals surface area contributed by atoms with Crippen molar-refractivity contribution in [3.63, 3.8) is 0 Å². The van der Waals surface area contributed by atoms with Gasteiger partial charge in [0.15, 0.2) is 0 Å². The van der Waals surface area contributed by atoms with Crippen molar-refractivity contribution >= 4 is 11.8 Å². The zero-order chi connectivity index (χ0) is 21.5. The van der Waals surface area contributed by atoms with Gasteiger partial charge in [-0.05, 0) is 13.3 Å². The Morgan fingerprint density at radius 2 is 1.46 bits per heavy atom. The van der Waals surface area contributed by atoms with Gasteiger partial charge in [-0.3, -0.25) is 4.79 Å². The minimum absolute atomic E-state index is 0.00972. The van der Waals surface area contributed by atoms with Crippen LogP contribution in [0.25, 0.3) is 0 Å². The summed E-state index contributed by atoms with van der Waals surface area (Å²) < 4.78 is 16.8. The summed E-state index contributed by atoms with van der Waals surface area (Å²) in [5.41, 5.74) is -0.256. The normalized spacial score (nSPS) is 13.9. The van der Waals surface area contributed by atoms with Crippen LogP contribution < -0.4 is 0 Å². The van der Waals surface area contributed by atoms with Crippen LogP contribution in [0.2, 0.25) is 0 Å². The predicted octanol–water partition coefficient (Wildman–Crippen LogP) is 5.34. The fourth-order valence-electron chi connectivity index (χ4n) is 3.13. The predicted molar refractivity (Wildman–Crippen MR) is 113 cm³/mol. The summed E-state index contributed by atoms with van der Waals surface area (Å²) in [7, 11) is 1.70. The molecule has 0 radical (unpaired) electrons. The topological polar surface area (TPSA) is 61.8 Å². The van der Waals surface area contributed by atoms with Gasteiger partial charge in [-0.15, -0.1) is 0 Å². The summed E-state index contributed by atoms with van der Waals surface area (Å²) in [5, 5.41) is 0. The number of carbonyl (C=O) groups is 2. The fourth-order valence-corrected chi connectivity index (χ4v) is 3.13. The molecule has 0 aliphatic rings. The van der Waals surface area contributed by atoms with Crippen LogP contribution in [0.4, 0.5) is 0 Å². The molecule has 1 atom stereocenters. The number of ketones is 1. The van der Waals surface area contributed by atoms with Crippen LogP contribution in [0.3, 0.4) is 0 Å². The second kappa shape index (κ2) is 15.0. The quantitative estimate of drug-likeness (QED) is 0.229. The zero-order valence-corrected chi connectivity index (χ0v) is 19.2. The van der Waals surface area contributed by atoms with E-state index in [1.54, 1.807) is 7.11 Å². The van der Waals surface area contributed by atoms with Gasteiger partial charge >= 0.3 is 5.97 Å². The summed E-state index contributed by atoms with van der Waals surface area (Å²) in [6.07, 6.45) is 8.75. The van der Waals surface area contributed by atoms with Crippen molar-refractivity contribution in [2.75, 3.05) is 33.5 Å². The molecule has 0 saturated carbocycles. The Kier molecular flexibility index (Phi) is 14.5. The second-order valence-electron chi connectivity index (χ2n) is 9.28. The molecule has 0 rings (SSSR count). The molecule has 0 bridgehead atoms. The largest absolute Gasteiger partial charge is 0.465 e. The molecule has 0 saturated heterocycles. The third-order valence-electron chi connectivity index (χ3n) is 4.88. The van der Waals surface area contributed by atoms with Crippen molar-refractivity contribution in [2.45, 2.75) is 92.4 Å². The fraction of sp³-hybridized carbons (Fsp3) is 0.913.